The van der Waals surface area contributed by atoms with Crippen molar-refractivity contribution in [3.63, 3.8) is 0 Å². The first kappa shape index (κ1) is 24.6. The molecule has 1 aliphatic heterocycles. The molecular formula is C23H25F4N5O3. The Hall–Kier alpha value is -3.57. The van der Waals surface area contributed by atoms with E-state index in [1.807, 2.05) is 0 Å². The van der Waals surface area contributed by atoms with E-state index in [0.717, 1.165) is 18.6 Å². The van der Waals surface area contributed by atoms with Gasteiger partial charge >= 0.3 is 6.18 Å². The minimum absolute atomic E-state index is 0.0386. The first-order valence-electron chi connectivity index (χ1n) is 11.0. The van der Waals surface area contributed by atoms with Crippen LogP contribution in [-0.2, 0) is 4.79 Å². The van der Waals surface area contributed by atoms with Crippen molar-refractivity contribution in [2.75, 3.05) is 32.5 Å². The third-order valence-corrected chi connectivity index (χ3v) is 6.61. The standard InChI is InChI=1S/C23H25F4N5O3/c1-3-17(33)31-7-6-22(11-31)9-14(10-22)32-20(28)18(21(34)29-2)19(30-32)13-4-5-15(24)16(8-13)35-12-23(25,26)27/h3-5,8,14H,1,6-7,9-12,28H2,2H3,(H,29,34). The number of nitrogens with two attached hydrogens (primary N) is 1. The van der Waals surface area contributed by atoms with E-state index in [-0.39, 0.29) is 40.0 Å². The Labute approximate surface area is 198 Å². The summed E-state index contributed by atoms with van der Waals surface area (Å²) in [6, 6.07) is 3.18. The van der Waals surface area contributed by atoms with Crippen molar-refractivity contribution in [3.8, 4) is 17.0 Å². The zero-order valence-electron chi connectivity index (χ0n) is 19.0. The normalized spacial score (nSPS) is 21.6. The first-order chi connectivity index (χ1) is 16.5. The zero-order chi connectivity index (χ0) is 25.5. The van der Waals surface area contributed by atoms with Crippen molar-refractivity contribution in [2.45, 2.75) is 31.5 Å². The van der Waals surface area contributed by atoms with E-state index in [2.05, 4.69) is 21.7 Å². The van der Waals surface area contributed by atoms with Gasteiger partial charge in [-0.3, -0.25) is 9.59 Å². The van der Waals surface area contributed by atoms with Gasteiger partial charge in [0.1, 0.15) is 17.1 Å². The molecule has 1 aromatic carbocycles. The number of halogens is 4. The molecule has 1 saturated carbocycles. The van der Waals surface area contributed by atoms with Gasteiger partial charge in [-0.05, 0) is 49.0 Å². The Morgan fingerprint density at radius 2 is 2.09 bits per heavy atom. The smallest absolute Gasteiger partial charge is 0.422 e. The molecule has 188 valence electrons. The lowest BCUT2D eigenvalue weighted by Gasteiger charge is -2.45. The maximum atomic E-state index is 14.1. The van der Waals surface area contributed by atoms with Gasteiger partial charge in [0.25, 0.3) is 5.91 Å². The van der Waals surface area contributed by atoms with Gasteiger partial charge < -0.3 is 20.7 Å². The largest absolute Gasteiger partial charge is 0.481 e. The minimum Gasteiger partial charge on any atom is -0.481 e. The molecule has 4 rings (SSSR count). The Bertz CT molecular complexity index is 1170. The number of nitrogen functional groups attached to an aromatic ring is 1. The van der Waals surface area contributed by atoms with E-state index in [1.165, 1.54) is 23.9 Å². The zero-order valence-corrected chi connectivity index (χ0v) is 19.0. The van der Waals surface area contributed by atoms with Crippen LogP contribution in [-0.4, -0.2) is 59.4 Å². The number of alkyl halides is 3. The molecule has 1 aliphatic carbocycles. The molecule has 8 nitrogen and oxygen atoms in total. The molecule has 2 aromatic rings. The van der Waals surface area contributed by atoms with Gasteiger partial charge in [0.05, 0.1) is 6.04 Å². The van der Waals surface area contributed by atoms with Gasteiger partial charge in [0.2, 0.25) is 5.91 Å². The molecular weight excluding hydrogens is 470 g/mol. The summed E-state index contributed by atoms with van der Waals surface area (Å²) in [6.45, 7) is 3.10. The Balaban J connectivity index is 1.62. The van der Waals surface area contributed by atoms with E-state index >= 15 is 0 Å². The average Bonchev–Trinajstić information content (AvgIpc) is 3.38. The van der Waals surface area contributed by atoms with E-state index in [1.54, 1.807) is 4.90 Å². The molecule has 2 aliphatic rings. The van der Waals surface area contributed by atoms with E-state index < -0.39 is 30.3 Å². The highest BCUT2D eigenvalue weighted by atomic mass is 19.4. The van der Waals surface area contributed by atoms with Crippen LogP contribution in [0.3, 0.4) is 0 Å². The highest BCUT2D eigenvalue weighted by Crippen LogP contribution is 2.54. The maximum Gasteiger partial charge on any atom is 0.422 e. The third kappa shape index (κ3) is 4.69. The number of nitrogens with one attached hydrogen (secondary N) is 1. The number of carbonyl (C=O) groups is 2. The summed E-state index contributed by atoms with van der Waals surface area (Å²) in [5.41, 5.74) is 6.57. The Morgan fingerprint density at radius 3 is 2.71 bits per heavy atom. The Morgan fingerprint density at radius 1 is 1.37 bits per heavy atom. The molecule has 0 bridgehead atoms. The number of likely N-dealkylation sites (tertiary alicyclic amines) is 1. The number of anilines is 1. The van der Waals surface area contributed by atoms with Crippen LogP contribution in [0.1, 0.15) is 35.7 Å². The number of rotatable bonds is 6. The number of amides is 2. The molecule has 0 unspecified atom stereocenters. The fraction of sp³-hybridized carbons (Fsp3) is 0.435. The van der Waals surface area contributed by atoms with E-state index in [0.29, 0.717) is 25.9 Å². The number of carbonyl (C=O) groups excluding carboxylic acids is 2. The highest BCUT2D eigenvalue weighted by Gasteiger charge is 2.50. The summed E-state index contributed by atoms with van der Waals surface area (Å²) in [4.78, 5) is 26.3. The van der Waals surface area contributed by atoms with Crippen LogP contribution in [0.15, 0.2) is 30.9 Å². The summed E-state index contributed by atoms with van der Waals surface area (Å²) < 4.78 is 57.9. The lowest BCUT2D eigenvalue weighted by molar-refractivity contribution is -0.153. The predicted molar refractivity (Wildman–Crippen MR) is 119 cm³/mol. The third-order valence-electron chi connectivity index (χ3n) is 6.61. The molecule has 35 heavy (non-hydrogen) atoms. The highest BCUT2D eigenvalue weighted by molar-refractivity contribution is 6.04. The average molecular weight is 495 g/mol. The molecule has 1 saturated heterocycles. The summed E-state index contributed by atoms with van der Waals surface area (Å²) in [6.07, 6.45) is -1.14. The van der Waals surface area contributed by atoms with Crippen LogP contribution < -0.4 is 15.8 Å². The molecule has 2 heterocycles. The van der Waals surface area contributed by atoms with E-state index in [4.69, 9.17) is 5.73 Å². The number of benzene rings is 1. The molecule has 1 spiro atoms. The Kier molecular flexibility index (Phi) is 6.24. The van der Waals surface area contributed by atoms with Gasteiger partial charge in [0.15, 0.2) is 18.2 Å². The van der Waals surface area contributed by atoms with Crippen LogP contribution in [0.25, 0.3) is 11.3 Å². The number of hydrogen-bond acceptors (Lipinski definition) is 5. The molecule has 0 atom stereocenters. The second kappa shape index (κ2) is 8.90. The molecule has 0 radical (unpaired) electrons. The van der Waals surface area contributed by atoms with Gasteiger partial charge in [-0.15, -0.1) is 0 Å². The lowest BCUT2D eigenvalue weighted by atomic mass is 9.65. The van der Waals surface area contributed by atoms with E-state index in [9.17, 15) is 27.2 Å². The van der Waals surface area contributed by atoms with Gasteiger partial charge in [0, 0.05) is 25.7 Å². The van der Waals surface area contributed by atoms with Gasteiger partial charge in [-0.1, -0.05) is 6.58 Å². The SMILES string of the molecule is C=CC(=O)N1CCC2(CC(n3nc(-c4ccc(F)c(OCC(F)(F)F)c4)c(C(=O)NC)c3N)C2)C1. The van der Waals surface area contributed by atoms with Crippen molar-refractivity contribution in [2.24, 2.45) is 5.41 Å². The molecule has 2 amide bonds. The van der Waals surface area contributed by atoms with Crippen LogP contribution in [0.4, 0.5) is 23.4 Å². The molecule has 12 heteroatoms. The first-order valence-corrected chi connectivity index (χ1v) is 11.0. The molecule has 3 N–H and O–H groups in total. The summed E-state index contributed by atoms with van der Waals surface area (Å²) >= 11 is 0. The minimum atomic E-state index is -4.64. The fourth-order valence-corrected chi connectivity index (χ4v) is 4.90. The van der Waals surface area contributed by atoms with Crippen molar-refractivity contribution in [3.05, 3.63) is 42.2 Å². The number of hydrogen-bond donors (Lipinski definition) is 2. The van der Waals surface area contributed by atoms with Crippen LogP contribution in [0, 0.1) is 11.2 Å². The molecule has 2 fully saturated rings. The van der Waals surface area contributed by atoms with Crippen molar-refractivity contribution >= 4 is 17.6 Å². The second-order valence-corrected chi connectivity index (χ2v) is 8.96. The van der Waals surface area contributed by atoms with Gasteiger partial charge in [-0.25, -0.2) is 9.07 Å². The second-order valence-electron chi connectivity index (χ2n) is 8.96. The summed E-state index contributed by atoms with van der Waals surface area (Å²) in [5.74, 6) is -2.15. The van der Waals surface area contributed by atoms with Crippen LogP contribution >= 0.6 is 0 Å². The number of aromatic nitrogens is 2. The maximum absolute atomic E-state index is 14.1. The van der Waals surface area contributed by atoms with Crippen molar-refractivity contribution < 1.29 is 31.9 Å². The number of nitrogens with zero attached hydrogens (tertiary/aromatic N) is 3. The van der Waals surface area contributed by atoms with Crippen molar-refractivity contribution in [1.82, 2.24) is 20.0 Å². The molecule has 1 aromatic heterocycles. The fourth-order valence-electron chi connectivity index (χ4n) is 4.90. The topological polar surface area (TPSA) is 102 Å². The monoisotopic (exact) mass is 495 g/mol. The van der Waals surface area contributed by atoms with Gasteiger partial charge in [-0.2, -0.15) is 18.3 Å². The predicted octanol–water partition coefficient (Wildman–Crippen LogP) is 3.31. The van der Waals surface area contributed by atoms with Crippen molar-refractivity contribution in [1.29, 1.82) is 0 Å². The summed E-state index contributed by atoms with van der Waals surface area (Å²) in [5, 5.41) is 6.99. The number of ether oxygens (including phenoxy) is 1. The van der Waals surface area contributed by atoms with Crippen LogP contribution in [0.5, 0.6) is 5.75 Å². The quantitative estimate of drug-likeness (QED) is 0.473. The summed E-state index contributed by atoms with van der Waals surface area (Å²) in [7, 11) is 1.41. The lowest BCUT2D eigenvalue weighted by Crippen LogP contribution is -2.42. The van der Waals surface area contributed by atoms with Crippen LogP contribution in [0.2, 0.25) is 0 Å².